The maximum Gasteiger partial charge on any atom is 0.258 e. The Kier molecular flexibility index (Phi) is 4.38. The van der Waals surface area contributed by atoms with E-state index in [-0.39, 0.29) is 18.7 Å². The number of ether oxygens (including phenoxy) is 2. The van der Waals surface area contributed by atoms with Crippen LogP contribution in [0.2, 0.25) is 0 Å². The quantitative estimate of drug-likeness (QED) is 0.663. The van der Waals surface area contributed by atoms with Gasteiger partial charge in [0.05, 0.1) is 16.6 Å². The van der Waals surface area contributed by atoms with Gasteiger partial charge in [0.1, 0.15) is 0 Å². The first-order valence-corrected chi connectivity index (χ1v) is 10.0. The number of carbonyl (C=O) groups is 1. The number of aryl methyl sites for hydroxylation is 2. The molecule has 150 valence electrons. The van der Waals surface area contributed by atoms with Crippen LogP contribution in [0.15, 0.2) is 28.8 Å². The van der Waals surface area contributed by atoms with E-state index >= 15 is 0 Å². The van der Waals surface area contributed by atoms with Crippen LogP contribution in [-0.4, -0.2) is 33.8 Å². The molecule has 1 saturated carbocycles. The van der Waals surface area contributed by atoms with Crippen molar-refractivity contribution in [3.05, 3.63) is 46.8 Å². The predicted molar refractivity (Wildman–Crippen MR) is 106 cm³/mol. The van der Waals surface area contributed by atoms with E-state index in [4.69, 9.17) is 14.0 Å². The third kappa shape index (κ3) is 3.20. The maximum atomic E-state index is 13.8. The number of rotatable bonds is 4. The Hall–Kier alpha value is -3.09. The number of hydrogen-bond acceptors (Lipinski definition) is 6. The highest BCUT2D eigenvalue weighted by Gasteiger charge is 2.30. The molecule has 1 aliphatic heterocycles. The number of fused-ring (bicyclic) bond motifs is 2. The van der Waals surface area contributed by atoms with Gasteiger partial charge in [-0.15, -0.1) is 0 Å². The van der Waals surface area contributed by atoms with E-state index in [1.165, 1.54) is 0 Å². The lowest BCUT2D eigenvalue weighted by Crippen LogP contribution is -2.38. The second-order valence-corrected chi connectivity index (χ2v) is 7.82. The van der Waals surface area contributed by atoms with E-state index in [0.717, 1.165) is 48.4 Å². The average molecular weight is 393 g/mol. The zero-order valence-electron chi connectivity index (χ0n) is 16.6. The smallest absolute Gasteiger partial charge is 0.258 e. The number of amides is 1. The zero-order chi connectivity index (χ0) is 20.0. The molecular formula is C22H23N3O4. The molecule has 29 heavy (non-hydrogen) atoms. The highest BCUT2D eigenvalue weighted by atomic mass is 16.7. The molecule has 0 radical (unpaired) electrons. The Balaban J connectivity index is 1.53. The summed E-state index contributed by atoms with van der Waals surface area (Å²) in [7, 11) is 0. The molecule has 1 fully saturated rings. The number of nitrogens with zero attached hydrogens (tertiary/aromatic N) is 3. The van der Waals surface area contributed by atoms with Gasteiger partial charge in [-0.25, -0.2) is 4.98 Å². The minimum absolute atomic E-state index is 0.00336. The molecule has 1 aromatic carbocycles. The van der Waals surface area contributed by atoms with Crippen LogP contribution in [0, 0.1) is 13.8 Å². The third-order valence-corrected chi connectivity index (χ3v) is 5.79. The lowest BCUT2D eigenvalue weighted by atomic mass is 10.1. The van der Waals surface area contributed by atoms with Crippen molar-refractivity contribution in [3.8, 4) is 11.5 Å². The van der Waals surface area contributed by atoms with Crippen LogP contribution in [0.25, 0.3) is 11.1 Å². The molecule has 2 aromatic heterocycles. The minimum atomic E-state index is -0.00336. The summed E-state index contributed by atoms with van der Waals surface area (Å²) in [6, 6.07) is 7.94. The third-order valence-electron chi connectivity index (χ3n) is 5.79. The van der Waals surface area contributed by atoms with Gasteiger partial charge in [-0.1, -0.05) is 24.1 Å². The van der Waals surface area contributed by atoms with Crippen molar-refractivity contribution in [2.24, 2.45) is 0 Å². The fourth-order valence-electron chi connectivity index (χ4n) is 4.36. The Labute approximate surface area is 168 Å². The summed E-state index contributed by atoms with van der Waals surface area (Å²) in [5, 5.41) is 4.72. The van der Waals surface area contributed by atoms with E-state index in [2.05, 4.69) is 10.1 Å². The summed E-state index contributed by atoms with van der Waals surface area (Å²) in [6.07, 6.45) is 4.33. The van der Waals surface area contributed by atoms with Crippen LogP contribution in [0.3, 0.4) is 0 Å². The minimum Gasteiger partial charge on any atom is -0.454 e. The molecule has 0 bridgehead atoms. The molecular weight excluding hydrogens is 370 g/mol. The lowest BCUT2D eigenvalue weighted by Gasteiger charge is -2.29. The van der Waals surface area contributed by atoms with Crippen LogP contribution in [0.5, 0.6) is 11.5 Å². The summed E-state index contributed by atoms with van der Waals surface area (Å²) < 4.78 is 16.3. The largest absolute Gasteiger partial charge is 0.454 e. The summed E-state index contributed by atoms with van der Waals surface area (Å²) in [4.78, 5) is 20.1. The molecule has 7 nitrogen and oxygen atoms in total. The van der Waals surface area contributed by atoms with Gasteiger partial charge in [0.2, 0.25) is 6.79 Å². The summed E-state index contributed by atoms with van der Waals surface area (Å²) in [5.41, 5.74) is 3.48. The topological polar surface area (TPSA) is 77.7 Å². The molecule has 0 N–H and O–H groups in total. The second kappa shape index (κ2) is 7.06. The van der Waals surface area contributed by atoms with Gasteiger partial charge in [0.15, 0.2) is 11.5 Å². The fraction of sp³-hybridized carbons (Fsp3) is 0.409. The molecule has 3 heterocycles. The van der Waals surface area contributed by atoms with Crippen LogP contribution in [0.1, 0.15) is 53.0 Å². The van der Waals surface area contributed by atoms with Gasteiger partial charge in [-0.3, -0.25) is 4.79 Å². The van der Waals surface area contributed by atoms with Crippen molar-refractivity contribution in [2.45, 2.75) is 52.1 Å². The van der Waals surface area contributed by atoms with E-state index in [1.54, 1.807) is 0 Å². The number of pyridine rings is 1. The molecule has 7 heteroatoms. The number of aromatic nitrogens is 2. The molecule has 3 aromatic rings. The van der Waals surface area contributed by atoms with E-state index < -0.39 is 0 Å². The summed E-state index contributed by atoms with van der Waals surface area (Å²) in [6.45, 7) is 4.47. The van der Waals surface area contributed by atoms with Crippen molar-refractivity contribution in [1.29, 1.82) is 0 Å². The molecule has 0 atom stereocenters. The van der Waals surface area contributed by atoms with Gasteiger partial charge < -0.3 is 18.9 Å². The first kappa shape index (κ1) is 18.0. The SMILES string of the molecule is Cc1cc(C(=O)N(Cc2ccc3c(c2)OCO3)C2CCCC2)c2c(C)noc2n1. The van der Waals surface area contributed by atoms with Crippen molar-refractivity contribution in [3.63, 3.8) is 0 Å². The molecule has 0 saturated heterocycles. The maximum absolute atomic E-state index is 13.8. The first-order valence-electron chi connectivity index (χ1n) is 10.0. The average Bonchev–Trinajstić information content (AvgIpc) is 3.46. The fourth-order valence-corrected chi connectivity index (χ4v) is 4.36. The highest BCUT2D eigenvalue weighted by Crippen LogP contribution is 2.34. The van der Waals surface area contributed by atoms with Gasteiger partial charge >= 0.3 is 0 Å². The molecule has 2 aliphatic rings. The van der Waals surface area contributed by atoms with Crippen molar-refractivity contribution < 1.29 is 18.8 Å². The van der Waals surface area contributed by atoms with E-state index in [0.29, 0.717) is 28.9 Å². The highest BCUT2D eigenvalue weighted by molar-refractivity contribution is 6.06. The summed E-state index contributed by atoms with van der Waals surface area (Å²) >= 11 is 0. The Morgan fingerprint density at radius 1 is 1.14 bits per heavy atom. The molecule has 5 rings (SSSR count). The van der Waals surface area contributed by atoms with Crippen molar-refractivity contribution in [1.82, 2.24) is 15.0 Å². The zero-order valence-corrected chi connectivity index (χ0v) is 16.6. The van der Waals surface area contributed by atoms with Crippen LogP contribution >= 0.6 is 0 Å². The Morgan fingerprint density at radius 2 is 1.93 bits per heavy atom. The van der Waals surface area contributed by atoms with Crippen LogP contribution in [-0.2, 0) is 6.54 Å². The van der Waals surface area contributed by atoms with E-state index in [1.807, 2.05) is 43.0 Å². The van der Waals surface area contributed by atoms with Gasteiger partial charge in [0.25, 0.3) is 11.6 Å². The van der Waals surface area contributed by atoms with Crippen LogP contribution < -0.4 is 9.47 Å². The first-order chi connectivity index (χ1) is 14.1. The lowest BCUT2D eigenvalue weighted by molar-refractivity contribution is 0.0666. The van der Waals surface area contributed by atoms with Crippen LogP contribution in [0.4, 0.5) is 0 Å². The monoisotopic (exact) mass is 393 g/mol. The Morgan fingerprint density at radius 3 is 2.76 bits per heavy atom. The number of hydrogen-bond donors (Lipinski definition) is 0. The molecule has 0 unspecified atom stereocenters. The summed E-state index contributed by atoms with van der Waals surface area (Å²) in [5.74, 6) is 1.48. The van der Waals surface area contributed by atoms with Gasteiger partial charge in [-0.2, -0.15) is 0 Å². The second-order valence-electron chi connectivity index (χ2n) is 7.82. The van der Waals surface area contributed by atoms with Crippen molar-refractivity contribution >= 4 is 17.0 Å². The Bertz CT molecular complexity index is 1090. The van der Waals surface area contributed by atoms with Crippen molar-refractivity contribution in [2.75, 3.05) is 6.79 Å². The molecule has 1 amide bonds. The molecule has 1 aliphatic carbocycles. The number of carbonyl (C=O) groups excluding carboxylic acids is 1. The van der Waals surface area contributed by atoms with Gasteiger partial charge in [0, 0.05) is 18.3 Å². The van der Waals surface area contributed by atoms with E-state index in [9.17, 15) is 4.79 Å². The van der Waals surface area contributed by atoms with Gasteiger partial charge in [-0.05, 0) is 50.5 Å². The predicted octanol–water partition coefficient (Wildman–Crippen LogP) is 4.15. The normalized spacial score (nSPS) is 15.9. The standard InChI is InChI=1S/C22H23N3O4/c1-13-9-17(20-14(2)24-29-21(20)23-13)22(26)25(16-5-3-4-6-16)11-15-7-8-18-19(10-15)28-12-27-18/h7-10,16H,3-6,11-12H2,1-2H3. The molecule has 0 spiro atoms. The number of benzene rings is 1.